The second kappa shape index (κ2) is 6.39. The molecule has 0 bridgehead atoms. The first-order valence-electron chi connectivity index (χ1n) is 6.50. The van der Waals surface area contributed by atoms with Crippen LogP contribution in [0.3, 0.4) is 0 Å². The van der Waals surface area contributed by atoms with Crippen molar-refractivity contribution in [2.75, 3.05) is 6.61 Å². The van der Waals surface area contributed by atoms with E-state index in [1.54, 1.807) is 19.9 Å². The molecule has 2 N–H and O–H groups in total. The predicted octanol–water partition coefficient (Wildman–Crippen LogP) is 2.43. The molecule has 0 spiro atoms. The van der Waals surface area contributed by atoms with Gasteiger partial charge in [0.25, 0.3) is 0 Å². The van der Waals surface area contributed by atoms with E-state index in [9.17, 15) is 8.42 Å². The molecule has 0 aliphatic carbocycles. The number of hydrogen-bond donors (Lipinski definition) is 1. The molecule has 1 aromatic rings. The summed E-state index contributed by atoms with van der Waals surface area (Å²) in [7, 11) is -3.16. The number of nitrogens with two attached hydrogens (primary N) is 1. The van der Waals surface area contributed by atoms with Crippen molar-refractivity contribution in [3.05, 3.63) is 29.3 Å². The summed E-state index contributed by atoms with van der Waals surface area (Å²) in [5.74, 6) is 0.608. The van der Waals surface area contributed by atoms with Crippen molar-refractivity contribution < 1.29 is 13.2 Å². The number of benzene rings is 1. The Labute approximate surface area is 115 Å². The van der Waals surface area contributed by atoms with Gasteiger partial charge in [0.05, 0.1) is 17.6 Å². The Balaban J connectivity index is 3.18. The van der Waals surface area contributed by atoms with Gasteiger partial charge in [0.15, 0.2) is 9.84 Å². The van der Waals surface area contributed by atoms with E-state index in [2.05, 4.69) is 0 Å². The highest BCUT2D eigenvalue weighted by molar-refractivity contribution is 7.91. The highest BCUT2D eigenvalue weighted by atomic mass is 32.2. The Bertz CT molecular complexity index is 521. The minimum Gasteiger partial charge on any atom is -0.494 e. The van der Waals surface area contributed by atoms with Crippen molar-refractivity contribution in [2.45, 2.75) is 44.7 Å². The summed E-state index contributed by atoms with van der Waals surface area (Å²) < 4.78 is 29.6. The van der Waals surface area contributed by atoms with Crippen molar-refractivity contribution in [3.63, 3.8) is 0 Å². The molecule has 5 heteroatoms. The first-order valence-corrected chi connectivity index (χ1v) is 8.22. The van der Waals surface area contributed by atoms with Crippen LogP contribution in [-0.2, 0) is 15.6 Å². The zero-order chi connectivity index (χ0) is 14.6. The Hall–Kier alpha value is -1.07. The highest BCUT2D eigenvalue weighted by Gasteiger charge is 2.20. The minimum absolute atomic E-state index is 0.0133. The molecule has 0 aliphatic rings. The van der Waals surface area contributed by atoms with Crippen molar-refractivity contribution in [1.29, 1.82) is 0 Å². The van der Waals surface area contributed by atoms with Gasteiger partial charge in [0.1, 0.15) is 5.75 Å². The molecular weight excluding hydrogens is 262 g/mol. The third-order valence-electron chi connectivity index (χ3n) is 2.99. The smallest absolute Gasteiger partial charge is 0.156 e. The summed E-state index contributed by atoms with van der Waals surface area (Å²) in [6.45, 7) is 7.62. The first kappa shape index (κ1) is 16.0. The molecular formula is C14H23NO3S. The van der Waals surface area contributed by atoms with E-state index >= 15 is 0 Å². The molecule has 0 saturated carbocycles. The van der Waals surface area contributed by atoms with Gasteiger partial charge in [-0.25, -0.2) is 8.42 Å². The van der Waals surface area contributed by atoms with Crippen LogP contribution < -0.4 is 10.5 Å². The monoisotopic (exact) mass is 285 g/mol. The fraction of sp³-hybridized carbons (Fsp3) is 0.571. The van der Waals surface area contributed by atoms with E-state index in [-0.39, 0.29) is 11.8 Å². The van der Waals surface area contributed by atoms with Crippen molar-refractivity contribution in [1.82, 2.24) is 0 Å². The SMILES string of the molecule is CCOc1ccc(C(C)N)cc1CS(=O)(=O)C(C)C. The van der Waals surface area contributed by atoms with Crippen molar-refractivity contribution >= 4 is 9.84 Å². The van der Waals surface area contributed by atoms with Crippen LogP contribution in [0.5, 0.6) is 5.75 Å². The fourth-order valence-corrected chi connectivity index (χ4v) is 2.67. The Kier molecular flexibility index (Phi) is 5.38. The lowest BCUT2D eigenvalue weighted by Gasteiger charge is -2.15. The molecule has 4 nitrogen and oxygen atoms in total. The van der Waals surface area contributed by atoms with Crippen LogP contribution in [0.4, 0.5) is 0 Å². The maximum absolute atomic E-state index is 12.1. The average molecular weight is 285 g/mol. The summed E-state index contributed by atoms with van der Waals surface area (Å²) in [6, 6.07) is 5.38. The molecule has 0 heterocycles. The maximum atomic E-state index is 12.1. The van der Waals surface area contributed by atoms with Crippen LogP contribution in [0.1, 0.15) is 44.9 Å². The van der Waals surface area contributed by atoms with Gasteiger partial charge in [-0.15, -0.1) is 0 Å². The van der Waals surface area contributed by atoms with Gasteiger partial charge < -0.3 is 10.5 Å². The van der Waals surface area contributed by atoms with Crippen LogP contribution in [0.25, 0.3) is 0 Å². The quantitative estimate of drug-likeness (QED) is 0.871. The Morgan fingerprint density at radius 2 is 1.89 bits per heavy atom. The fourth-order valence-electron chi connectivity index (χ4n) is 1.68. The van der Waals surface area contributed by atoms with Gasteiger partial charge in [-0.05, 0) is 45.4 Å². The van der Waals surface area contributed by atoms with Gasteiger partial charge in [-0.2, -0.15) is 0 Å². The van der Waals surface area contributed by atoms with Gasteiger partial charge in [0.2, 0.25) is 0 Å². The molecule has 0 aromatic heterocycles. The second-order valence-electron chi connectivity index (χ2n) is 4.94. The molecule has 1 unspecified atom stereocenters. The molecule has 1 aromatic carbocycles. The minimum atomic E-state index is -3.16. The van der Waals surface area contributed by atoms with E-state index in [0.29, 0.717) is 17.9 Å². The van der Waals surface area contributed by atoms with Crippen LogP contribution in [-0.4, -0.2) is 20.3 Å². The highest BCUT2D eigenvalue weighted by Crippen LogP contribution is 2.26. The summed E-state index contributed by atoms with van der Waals surface area (Å²) in [5, 5.41) is -0.402. The van der Waals surface area contributed by atoms with Gasteiger partial charge in [0, 0.05) is 11.6 Å². The van der Waals surface area contributed by atoms with E-state index in [0.717, 1.165) is 5.56 Å². The molecule has 0 aliphatic heterocycles. The van der Waals surface area contributed by atoms with Gasteiger partial charge in [-0.1, -0.05) is 6.07 Å². The van der Waals surface area contributed by atoms with E-state index in [4.69, 9.17) is 10.5 Å². The standard InChI is InChI=1S/C14H23NO3S/c1-5-18-14-7-6-12(11(4)15)8-13(14)9-19(16,17)10(2)3/h6-8,10-11H,5,9,15H2,1-4H3. The van der Waals surface area contributed by atoms with Gasteiger partial charge in [-0.3, -0.25) is 0 Å². The van der Waals surface area contributed by atoms with Crippen LogP contribution in [0.15, 0.2) is 18.2 Å². The Morgan fingerprint density at radius 3 is 2.37 bits per heavy atom. The molecule has 108 valence electrons. The molecule has 0 amide bonds. The van der Waals surface area contributed by atoms with Crippen LogP contribution in [0.2, 0.25) is 0 Å². The molecule has 1 atom stereocenters. The molecule has 1 rings (SSSR count). The van der Waals surface area contributed by atoms with E-state index in [1.165, 1.54) is 0 Å². The average Bonchev–Trinajstić information content (AvgIpc) is 2.30. The predicted molar refractivity (Wildman–Crippen MR) is 78.0 cm³/mol. The van der Waals surface area contributed by atoms with Gasteiger partial charge >= 0.3 is 0 Å². The lowest BCUT2D eigenvalue weighted by molar-refractivity contribution is 0.337. The third-order valence-corrected chi connectivity index (χ3v) is 5.13. The lowest BCUT2D eigenvalue weighted by Crippen LogP contribution is -2.17. The largest absolute Gasteiger partial charge is 0.494 e. The van der Waals surface area contributed by atoms with Crippen molar-refractivity contribution in [2.24, 2.45) is 5.73 Å². The zero-order valence-electron chi connectivity index (χ0n) is 12.0. The summed E-state index contributed by atoms with van der Waals surface area (Å²) >= 11 is 0. The Morgan fingerprint density at radius 1 is 1.26 bits per heavy atom. The molecule has 0 fully saturated rings. The summed E-state index contributed by atoms with van der Waals surface area (Å²) in [6.07, 6.45) is 0. The topological polar surface area (TPSA) is 69.4 Å². The van der Waals surface area contributed by atoms with Crippen molar-refractivity contribution in [3.8, 4) is 5.75 Å². The zero-order valence-corrected chi connectivity index (χ0v) is 12.8. The molecule has 0 radical (unpaired) electrons. The summed E-state index contributed by atoms with van der Waals surface area (Å²) in [4.78, 5) is 0. The van der Waals surface area contributed by atoms with E-state index in [1.807, 2.05) is 26.0 Å². The first-order chi connectivity index (χ1) is 8.77. The van der Waals surface area contributed by atoms with Crippen LogP contribution in [0, 0.1) is 0 Å². The number of ether oxygens (including phenoxy) is 1. The van der Waals surface area contributed by atoms with E-state index < -0.39 is 15.1 Å². The molecule has 19 heavy (non-hydrogen) atoms. The normalized spacial score (nSPS) is 13.6. The summed E-state index contributed by atoms with van der Waals surface area (Å²) in [5.41, 5.74) is 7.44. The third kappa shape index (κ3) is 4.21. The molecule has 0 saturated heterocycles. The second-order valence-corrected chi connectivity index (χ2v) is 7.50. The van der Waals surface area contributed by atoms with Crippen LogP contribution >= 0.6 is 0 Å². The number of hydrogen-bond acceptors (Lipinski definition) is 4. The number of rotatable bonds is 6. The lowest BCUT2D eigenvalue weighted by atomic mass is 10.1. The maximum Gasteiger partial charge on any atom is 0.156 e. The number of sulfone groups is 1.